The molecule has 0 aliphatic heterocycles. The van der Waals surface area contributed by atoms with Gasteiger partial charge in [0.05, 0.1) is 18.2 Å². The van der Waals surface area contributed by atoms with E-state index in [-0.39, 0.29) is 23.9 Å². The average molecular weight is 365 g/mol. The van der Waals surface area contributed by atoms with Crippen molar-refractivity contribution in [2.45, 2.75) is 6.54 Å². The number of nitrogens with one attached hydrogen (secondary N) is 2. The molecule has 1 aromatic heterocycles. The van der Waals surface area contributed by atoms with Crippen molar-refractivity contribution in [2.24, 2.45) is 0 Å². The highest BCUT2D eigenvalue weighted by molar-refractivity contribution is 6.06. The zero-order valence-electron chi connectivity index (χ0n) is 15.0. The first-order valence-electron chi connectivity index (χ1n) is 8.32. The quantitative estimate of drug-likeness (QED) is 0.724. The van der Waals surface area contributed by atoms with Gasteiger partial charge >= 0.3 is 0 Å². The van der Waals surface area contributed by atoms with E-state index in [0.29, 0.717) is 22.3 Å². The number of aromatic nitrogens is 1. The van der Waals surface area contributed by atoms with Gasteiger partial charge in [0, 0.05) is 24.2 Å². The summed E-state index contributed by atoms with van der Waals surface area (Å²) >= 11 is 0. The molecule has 0 atom stereocenters. The minimum absolute atomic E-state index is 0.167. The highest BCUT2D eigenvalue weighted by Crippen LogP contribution is 2.18. The number of rotatable bonds is 5. The zero-order valence-corrected chi connectivity index (χ0v) is 15.0. The molecule has 138 valence electrons. The molecule has 0 saturated heterocycles. The zero-order chi connectivity index (χ0) is 19.4. The SMILES string of the molecule is CNC(=O)c1cc(=O)n(CC(=O)Nc2ccc(OC)cc2)c2ccccc12. The summed E-state index contributed by atoms with van der Waals surface area (Å²) in [4.78, 5) is 37.0. The molecule has 0 unspecified atom stereocenters. The number of benzene rings is 2. The van der Waals surface area contributed by atoms with Crippen molar-refractivity contribution in [3.63, 3.8) is 0 Å². The number of nitrogens with zero attached hydrogens (tertiary/aromatic N) is 1. The predicted molar refractivity (Wildman–Crippen MR) is 103 cm³/mol. The van der Waals surface area contributed by atoms with Crippen LogP contribution >= 0.6 is 0 Å². The minimum atomic E-state index is -0.419. The first-order chi connectivity index (χ1) is 13.0. The number of carbonyl (C=O) groups excluding carboxylic acids is 2. The lowest BCUT2D eigenvalue weighted by Crippen LogP contribution is -2.30. The molecule has 0 spiro atoms. The van der Waals surface area contributed by atoms with E-state index in [2.05, 4.69) is 10.6 Å². The van der Waals surface area contributed by atoms with Crippen molar-refractivity contribution in [2.75, 3.05) is 19.5 Å². The van der Waals surface area contributed by atoms with E-state index in [1.54, 1.807) is 55.6 Å². The maximum Gasteiger partial charge on any atom is 0.252 e. The summed E-state index contributed by atoms with van der Waals surface area (Å²) in [7, 11) is 3.07. The Labute approximate surface area is 155 Å². The lowest BCUT2D eigenvalue weighted by molar-refractivity contribution is -0.116. The summed E-state index contributed by atoms with van der Waals surface area (Å²) in [5.74, 6) is -0.0155. The van der Waals surface area contributed by atoms with Crippen LogP contribution in [0.25, 0.3) is 10.9 Å². The van der Waals surface area contributed by atoms with Crippen molar-refractivity contribution >= 4 is 28.4 Å². The van der Waals surface area contributed by atoms with E-state index >= 15 is 0 Å². The number of hydrogen-bond donors (Lipinski definition) is 2. The van der Waals surface area contributed by atoms with Crippen LogP contribution in [-0.4, -0.2) is 30.5 Å². The number of amides is 2. The van der Waals surface area contributed by atoms with E-state index in [4.69, 9.17) is 4.74 Å². The van der Waals surface area contributed by atoms with Crippen molar-refractivity contribution < 1.29 is 14.3 Å². The van der Waals surface area contributed by atoms with Crippen LogP contribution in [0.2, 0.25) is 0 Å². The maximum atomic E-state index is 12.5. The van der Waals surface area contributed by atoms with Gasteiger partial charge in [0.2, 0.25) is 5.91 Å². The van der Waals surface area contributed by atoms with Crippen LogP contribution < -0.4 is 20.9 Å². The molecule has 27 heavy (non-hydrogen) atoms. The molecule has 0 fully saturated rings. The number of methoxy groups -OCH3 is 1. The molecule has 7 heteroatoms. The Morgan fingerprint density at radius 1 is 1.07 bits per heavy atom. The molecule has 2 aromatic carbocycles. The third kappa shape index (κ3) is 3.82. The molecule has 1 heterocycles. The summed E-state index contributed by atoms with van der Waals surface area (Å²) in [5.41, 5.74) is 0.982. The second kappa shape index (κ2) is 7.74. The normalized spacial score (nSPS) is 10.4. The molecule has 0 radical (unpaired) electrons. The molecule has 0 bridgehead atoms. The second-order valence-electron chi connectivity index (χ2n) is 5.86. The van der Waals surface area contributed by atoms with Gasteiger partial charge in [-0.3, -0.25) is 19.0 Å². The first-order valence-corrected chi connectivity index (χ1v) is 8.32. The van der Waals surface area contributed by atoms with Crippen LogP contribution in [0.15, 0.2) is 59.4 Å². The Balaban J connectivity index is 1.92. The third-order valence-corrected chi connectivity index (χ3v) is 4.17. The number of ether oxygens (including phenoxy) is 1. The van der Waals surface area contributed by atoms with E-state index in [9.17, 15) is 14.4 Å². The molecule has 0 saturated carbocycles. The largest absolute Gasteiger partial charge is 0.497 e. The van der Waals surface area contributed by atoms with Gasteiger partial charge in [-0.05, 0) is 30.3 Å². The Morgan fingerprint density at radius 3 is 2.44 bits per heavy atom. The van der Waals surface area contributed by atoms with E-state index in [0.717, 1.165) is 0 Å². The van der Waals surface area contributed by atoms with E-state index in [1.807, 2.05) is 0 Å². The number of para-hydroxylation sites is 1. The molecule has 2 N–H and O–H groups in total. The van der Waals surface area contributed by atoms with Crippen LogP contribution in [0.3, 0.4) is 0 Å². The van der Waals surface area contributed by atoms with Crippen LogP contribution in [-0.2, 0) is 11.3 Å². The maximum absolute atomic E-state index is 12.5. The van der Waals surface area contributed by atoms with Crippen LogP contribution in [0.4, 0.5) is 5.69 Å². The Bertz CT molecular complexity index is 1060. The third-order valence-electron chi connectivity index (χ3n) is 4.17. The molecule has 2 amide bonds. The standard InChI is InChI=1S/C20H19N3O4/c1-21-20(26)16-11-19(25)23(17-6-4-3-5-15(16)17)12-18(24)22-13-7-9-14(27-2)10-8-13/h3-11H,12H2,1-2H3,(H,21,26)(H,22,24). The van der Waals surface area contributed by atoms with E-state index < -0.39 is 5.56 Å². The van der Waals surface area contributed by atoms with Gasteiger partial charge in [0.1, 0.15) is 12.3 Å². The van der Waals surface area contributed by atoms with Crippen molar-refractivity contribution in [1.82, 2.24) is 9.88 Å². The predicted octanol–water partition coefficient (Wildman–Crippen LogP) is 2.01. The topological polar surface area (TPSA) is 89.4 Å². The summed E-state index contributed by atoms with van der Waals surface area (Å²) in [5, 5.41) is 5.88. The smallest absolute Gasteiger partial charge is 0.252 e. The molecule has 0 aliphatic carbocycles. The van der Waals surface area contributed by atoms with Gasteiger partial charge in [-0.15, -0.1) is 0 Å². The molecule has 0 aliphatic rings. The van der Waals surface area contributed by atoms with Gasteiger partial charge in [0.25, 0.3) is 11.5 Å². The molecular formula is C20H19N3O4. The average Bonchev–Trinajstić information content (AvgIpc) is 2.69. The fraction of sp³-hybridized carbons (Fsp3) is 0.150. The van der Waals surface area contributed by atoms with Crippen LogP contribution in [0.5, 0.6) is 5.75 Å². The van der Waals surface area contributed by atoms with Gasteiger partial charge in [0.15, 0.2) is 0 Å². The number of anilines is 1. The summed E-state index contributed by atoms with van der Waals surface area (Å²) in [6, 6.07) is 15.1. The van der Waals surface area contributed by atoms with Crippen LogP contribution in [0, 0.1) is 0 Å². The Morgan fingerprint density at radius 2 is 1.78 bits per heavy atom. The summed E-state index contributed by atoms with van der Waals surface area (Å²) < 4.78 is 6.43. The summed E-state index contributed by atoms with van der Waals surface area (Å²) in [6.07, 6.45) is 0. The van der Waals surface area contributed by atoms with Gasteiger partial charge in [-0.1, -0.05) is 18.2 Å². The second-order valence-corrected chi connectivity index (χ2v) is 5.86. The lowest BCUT2D eigenvalue weighted by atomic mass is 10.1. The van der Waals surface area contributed by atoms with Crippen molar-refractivity contribution in [1.29, 1.82) is 0 Å². The minimum Gasteiger partial charge on any atom is -0.497 e. The fourth-order valence-corrected chi connectivity index (χ4v) is 2.84. The number of hydrogen-bond acceptors (Lipinski definition) is 4. The molecule has 3 aromatic rings. The first kappa shape index (κ1) is 18.2. The Hall–Kier alpha value is -3.61. The monoisotopic (exact) mass is 365 g/mol. The highest BCUT2D eigenvalue weighted by atomic mass is 16.5. The lowest BCUT2D eigenvalue weighted by Gasteiger charge is -2.13. The summed E-state index contributed by atoms with van der Waals surface area (Å²) in [6.45, 7) is -0.167. The van der Waals surface area contributed by atoms with E-state index in [1.165, 1.54) is 17.7 Å². The Kier molecular flexibility index (Phi) is 5.21. The van der Waals surface area contributed by atoms with Gasteiger partial charge in [-0.25, -0.2) is 0 Å². The number of fused-ring (bicyclic) bond motifs is 1. The van der Waals surface area contributed by atoms with Gasteiger partial charge < -0.3 is 15.4 Å². The molecular weight excluding hydrogens is 346 g/mol. The highest BCUT2D eigenvalue weighted by Gasteiger charge is 2.15. The fourth-order valence-electron chi connectivity index (χ4n) is 2.84. The number of pyridine rings is 1. The molecule has 3 rings (SSSR count). The van der Waals surface area contributed by atoms with Gasteiger partial charge in [-0.2, -0.15) is 0 Å². The molecule has 7 nitrogen and oxygen atoms in total. The van der Waals surface area contributed by atoms with Crippen LogP contribution in [0.1, 0.15) is 10.4 Å². The van der Waals surface area contributed by atoms with Crippen molar-refractivity contribution in [3.05, 3.63) is 70.5 Å². The number of carbonyl (C=O) groups is 2. The van der Waals surface area contributed by atoms with Crippen molar-refractivity contribution in [3.8, 4) is 5.75 Å².